The number of aromatic nitrogens is 2. The van der Waals surface area contributed by atoms with Crippen LogP contribution in [0.1, 0.15) is 11.4 Å². The molecule has 20 heavy (non-hydrogen) atoms. The third-order valence-corrected chi connectivity index (χ3v) is 2.27. The Morgan fingerprint density at radius 2 is 1.50 bits per heavy atom. The molecule has 114 valence electrons. The number of rotatable bonds is 3. The van der Waals surface area contributed by atoms with Crippen LogP contribution in [0.2, 0.25) is 0 Å². The van der Waals surface area contributed by atoms with Gasteiger partial charge in [-0.2, -0.15) is 31.3 Å². The second-order valence-corrected chi connectivity index (χ2v) is 3.88. The van der Waals surface area contributed by atoms with E-state index < -0.39 is 24.3 Å². The molecule has 0 fully saturated rings. The van der Waals surface area contributed by atoms with Gasteiger partial charge in [0.05, 0.1) is 5.56 Å². The molecule has 1 aromatic rings. The average Bonchev–Trinajstić information content (AvgIpc) is 2.26. The highest BCUT2D eigenvalue weighted by atomic mass is 19.4. The highest BCUT2D eigenvalue weighted by molar-refractivity contribution is 5.48. The molecule has 0 atom stereocenters. The van der Waals surface area contributed by atoms with Crippen molar-refractivity contribution >= 4 is 5.82 Å². The van der Waals surface area contributed by atoms with E-state index in [0.717, 1.165) is 0 Å². The molecule has 0 aromatic carbocycles. The van der Waals surface area contributed by atoms with E-state index in [9.17, 15) is 26.3 Å². The maximum atomic E-state index is 12.4. The van der Waals surface area contributed by atoms with Gasteiger partial charge >= 0.3 is 12.4 Å². The largest absolute Gasteiger partial charge is 0.454 e. The number of nitrogens with zero attached hydrogens (tertiary/aromatic N) is 2. The summed E-state index contributed by atoms with van der Waals surface area (Å²) in [5.41, 5.74) is -0.0448. The molecule has 0 bridgehead atoms. The number of anilines is 1. The van der Waals surface area contributed by atoms with Crippen LogP contribution in [0.3, 0.4) is 0 Å². The van der Waals surface area contributed by atoms with Gasteiger partial charge in [-0.15, -0.1) is 0 Å². The van der Waals surface area contributed by atoms with E-state index in [1.807, 2.05) is 0 Å². The van der Waals surface area contributed by atoms with Crippen LogP contribution in [0, 0.1) is 13.8 Å². The molecule has 0 radical (unpaired) electrons. The normalized spacial score (nSPS) is 12.7. The minimum absolute atomic E-state index is 0.0157. The van der Waals surface area contributed by atoms with E-state index in [4.69, 9.17) is 0 Å². The van der Waals surface area contributed by atoms with Crippen LogP contribution in [-0.2, 0) is 0 Å². The molecule has 0 aliphatic carbocycles. The molecule has 0 saturated heterocycles. The zero-order chi connectivity index (χ0) is 15.7. The molecule has 1 rings (SSSR count). The maximum Gasteiger partial charge on any atom is 0.434 e. The number of ether oxygens (including phenoxy) is 1. The fourth-order valence-electron chi connectivity index (χ4n) is 1.39. The van der Waals surface area contributed by atoms with Crippen LogP contribution in [-0.4, -0.2) is 35.5 Å². The van der Waals surface area contributed by atoms with Crippen LogP contribution in [0.15, 0.2) is 0 Å². The van der Waals surface area contributed by atoms with Crippen LogP contribution in [0.5, 0.6) is 5.88 Å². The number of aryl methyl sites for hydroxylation is 1. The molecule has 0 spiro atoms. The van der Waals surface area contributed by atoms with Crippen molar-refractivity contribution in [3.8, 4) is 5.88 Å². The predicted molar refractivity (Wildman–Crippen MR) is 57.6 cm³/mol. The highest BCUT2D eigenvalue weighted by Crippen LogP contribution is 2.37. The monoisotopic (exact) mass is 303 g/mol. The van der Waals surface area contributed by atoms with Crippen molar-refractivity contribution in [2.45, 2.75) is 32.3 Å². The van der Waals surface area contributed by atoms with Crippen molar-refractivity contribution in [2.24, 2.45) is 0 Å². The number of hydrogen-bond donors (Lipinski definition) is 1. The Kier molecular flexibility index (Phi) is 4.35. The first kappa shape index (κ1) is 16.3. The zero-order valence-electron chi connectivity index (χ0n) is 10.6. The average molecular weight is 303 g/mol. The van der Waals surface area contributed by atoms with Crippen molar-refractivity contribution in [1.29, 1.82) is 0 Å². The smallest absolute Gasteiger partial charge is 0.434 e. The lowest BCUT2D eigenvalue weighted by Gasteiger charge is -2.24. The summed E-state index contributed by atoms with van der Waals surface area (Å²) in [6, 6.07) is 0. The van der Waals surface area contributed by atoms with Gasteiger partial charge in [-0.1, -0.05) is 0 Å². The summed E-state index contributed by atoms with van der Waals surface area (Å²) in [5.74, 6) is -0.685. The minimum atomic E-state index is -5.59. The molecule has 0 aliphatic heterocycles. The summed E-state index contributed by atoms with van der Waals surface area (Å²) in [4.78, 5) is 7.29. The van der Waals surface area contributed by atoms with Gasteiger partial charge in [0.1, 0.15) is 11.6 Å². The van der Waals surface area contributed by atoms with Gasteiger partial charge in [0, 0.05) is 7.05 Å². The number of hydrogen-bond acceptors (Lipinski definition) is 4. The SMILES string of the molecule is CNc1nc(C)nc(OC(C(F)(F)F)C(F)(F)F)c1C. The Morgan fingerprint density at radius 1 is 1.00 bits per heavy atom. The lowest BCUT2D eigenvalue weighted by molar-refractivity contribution is -0.300. The van der Waals surface area contributed by atoms with Crippen molar-refractivity contribution in [3.63, 3.8) is 0 Å². The summed E-state index contributed by atoms with van der Waals surface area (Å²) < 4.78 is 78.5. The summed E-state index contributed by atoms with van der Waals surface area (Å²) >= 11 is 0. The number of alkyl halides is 6. The Balaban J connectivity index is 3.22. The zero-order valence-corrected chi connectivity index (χ0v) is 10.6. The minimum Gasteiger partial charge on any atom is -0.454 e. The molecule has 0 unspecified atom stereocenters. The number of halogens is 6. The Hall–Kier alpha value is -1.74. The van der Waals surface area contributed by atoms with Crippen molar-refractivity contribution in [1.82, 2.24) is 9.97 Å². The molecule has 4 nitrogen and oxygen atoms in total. The Morgan fingerprint density at radius 3 is 1.90 bits per heavy atom. The summed E-state index contributed by atoms with van der Waals surface area (Å²) in [6.07, 6.45) is -15.1. The van der Waals surface area contributed by atoms with Gasteiger partial charge in [0.25, 0.3) is 6.10 Å². The number of nitrogens with one attached hydrogen (secondary N) is 1. The van der Waals surface area contributed by atoms with Crippen molar-refractivity contribution in [3.05, 3.63) is 11.4 Å². The molecule has 1 heterocycles. The second kappa shape index (κ2) is 5.33. The third kappa shape index (κ3) is 3.64. The van der Waals surface area contributed by atoms with Gasteiger partial charge in [0.15, 0.2) is 0 Å². The van der Waals surface area contributed by atoms with E-state index >= 15 is 0 Å². The lowest BCUT2D eigenvalue weighted by Crippen LogP contribution is -2.46. The maximum absolute atomic E-state index is 12.4. The third-order valence-electron chi connectivity index (χ3n) is 2.27. The molecule has 10 heteroatoms. The van der Waals surface area contributed by atoms with E-state index in [1.54, 1.807) is 0 Å². The molecule has 0 aliphatic rings. The van der Waals surface area contributed by atoms with Crippen LogP contribution in [0.25, 0.3) is 0 Å². The summed E-state index contributed by atoms with van der Waals surface area (Å²) in [5, 5.41) is 2.53. The fraction of sp³-hybridized carbons (Fsp3) is 0.600. The van der Waals surface area contributed by atoms with E-state index in [2.05, 4.69) is 20.0 Å². The van der Waals surface area contributed by atoms with E-state index in [0.29, 0.717) is 0 Å². The molecule has 0 amide bonds. The summed E-state index contributed by atoms with van der Waals surface area (Å²) in [7, 11) is 1.42. The van der Waals surface area contributed by atoms with Gasteiger partial charge in [-0.25, -0.2) is 4.98 Å². The van der Waals surface area contributed by atoms with Gasteiger partial charge in [0.2, 0.25) is 5.88 Å². The van der Waals surface area contributed by atoms with Gasteiger partial charge in [-0.05, 0) is 13.8 Å². The Labute approximate surface area is 110 Å². The predicted octanol–water partition coefficient (Wildman–Crippen LogP) is 3.01. The molecular weight excluding hydrogens is 292 g/mol. The van der Waals surface area contributed by atoms with Crippen molar-refractivity contribution in [2.75, 3.05) is 12.4 Å². The Bertz CT molecular complexity index is 471. The molecule has 1 N–H and O–H groups in total. The van der Waals surface area contributed by atoms with Crippen LogP contribution >= 0.6 is 0 Å². The first-order valence-corrected chi connectivity index (χ1v) is 5.30. The fourth-order valence-corrected chi connectivity index (χ4v) is 1.39. The van der Waals surface area contributed by atoms with E-state index in [1.165, 1.54) is 20.9 Å². The second-order valence-electron chi connectivity index (χ2n) is 3.88. The van der Waals surface area contributed by atoms with Gasteiger partial charge < -0.3 is 10.1 Å². The molecule has 0 saturated carbocycles. The lowest BCUT2D eigenvalue weighted by atomic mass is 10.3. The van der Waals surface area contributed by atoms with E-state index in [-0.39, 0.29) is 17.2 Å². The summed E-state index contributed by atoms with van der Waals surface area (Å²) in [6.45, 7) is 2.58. The highest BCUT2D eigenvalue weighted by Gasteiger charge is 2.59. The van der Waals surface area contributed by atoms with Crippen LogP contribution in [0.4, 0.5) is 32.2 Å². The topological polar surface area (TPSA) is 47.0 Å². The molecule has 1 aromatic heterocycles. The standard InChI is InChI=1S/C10H11F6N3O/c1-4-6(17-3)18-5(2)19-7(4)20-8(9(11,12)13)10(14,15)16/h8H,1-3H3,(H,17,18,19). The van der Waals surface area contributed by atoms with Crippen molar-refractivity contribution < 1.29 is 31.1 Å². The van der Waals surface area contributed by atoms with Gasteiger partial charge in [-0.3, -0.25) is 0 Å². The first-order valence-electron chi connectivity index (χ1n) is 5.30. The molecular formula is C10H11F6N3O. The first-order chi connectivity index (χ1) is 8.96. The quantitative estimate of drug-likeness (QED) is 0.872. The van der Waals surface area contributed by atoms with Crippen LogP contribution < -0.4 is 10.1 Å².